The van der Waals surface area contributed by atoms with Crippen molar-refractivity contribution in [3.05, 3.63) is 94.2 Å². The van der Waals surface area contributed by atoms with E-state index in [0.717, 1.165) is 33.6 Å². The molecule has 0 spiro atoms. The summed E-state index contributed by atoms with van der Waals surface area (Å²) < 4.78 is 3.25. The van der Waals surface area contributed by atoms with Crippen molar-refractivity contribution in [3.8, 4) is 0 Å². The van der Waals surface area contributed by atoms with Gasteiger partial charge < -0.3 is 9.47 Å². The van der Waals surface area contributed by atoms with Crippen LogP contribution < -0.4 is 4.90 Å². The van der Waals surface area contributed by atoms with Crippen LogP contribution in [0.2, 0.25) is 0 Å². The molecule has 5 heteroatoms. The van der Waals surface area contributed by atoms with Crippen molar-refractivity contribution in [2.24, 2.45) is 0 Å². The number of nitrogens with zero attached hydrogens (tertiary/aromatic N) is 3. The zero-order valence-corrected chi connectivity index (χ0v) is 18.3. The van der Waals surface area contributed by atoms with Crippen LogP contribution in [0.25, 0.3) is 11.0 Å². The normalized spacial score (nSPS) is 16.5. The van der Waals surface area contributed by atoms with Crippen LogP contribution >= 0.6 is 15.9 Å². The number of amides is 1. The van der Waals surface area contributed by atoms with Gasteiger partial charge in [0.05, 0.1) is 11.0 Å². The number of rotatable bonds is 4. The Hall–Kier alpha value is -2.92. The fourth-order valence-electron chi connectivity index (χ4n) is 4.22. The van der Waals surface area contributed by atoms with Crippen molar-refractivity contribution in [2.75, 3.05) is 11.4 Å². The van der Waals surface area contributed by atoms with Crippen LogP contribution in [0.4, 0.5) is 5.69 Å². The quantitative estimate of drug-likeness (QED) is 0.393. The molecule has 1 atom stereocenters. The number of halogens is 1. The van der Waals surface area contributed by atoms with Crippen LogP contribution in [-0.4, -0.2) is 22.0 Å². The van der Waals surface area contributed by atoms with Gasteiger partial charge in [0, 0.05) is 35.6 Å². The van der Waals surface area contributed by atoms with E-state index < -0.39 is 0 Å². The van der Waals surface area contributed by atoms with Crippen molar-refractivity contribution in [1.29, 1.82) is 0 Å². The Bertz CT molecular complexity index is 1230. The number of carbonyl (C=O) groups is 1. The monoisotopic (exact) mass is 459 g/mol. The number of anilines is 1. The number of benzene rings is 3. The second-order valence-corrected chi connectivity index (χ2v) is 8.83. The lowest BCUT2D eigenvalue weighted by molar-refractivity contribution is -0.117. The molecule has 0 bridgehead atoms. The van der Waals surface area contributed by atoms with Crippen molar-refractivity contribution in [2.45, 2.75) is 25.8 Å². The third-order valence-electron chi connectivity index (χ3n) is 5.76. The predicted octanol–water partition coefficient (Wildman–Crippen LogP) is 5.68. The Morgan fingerprint density at radius 2 is 1.83 bits per heavy atom. The smallest absolute Gasteiger partial charge is 0.227 e. The number of fused-ring (bicyclic) bond motifs is 1. The highest BCUT2D eigenvalue weighted by molar-refractivity contribution is 9.10. The average molecular weight is 460 g/mol. The zero-order chi connectivity index (χ0) is 20.7. The van der Waals surface area contributed by atoms with E-state index in [1.807, 2.05) is 47.4 Å². The number of hydrogen-bond donors (Lipinski definition) is 0. The maximum Gasteiger partial charge on any atom is 0.227 e. The van der Waals surface area contributed by atoms with Crippen molar-refractivity contribution >= 4 is 38.6 Å². The third kappa shape index (κ3) is 3.54. The molecule has 0 aliphatic carbocycles. The summed E-state index contributed by atoms with van der Waals surface area (Å²) in [4.78, 5) is 19.7. The number of para-hydroxylation sites is 2. The zero-order valence-electron chi connectivity index (χ0n) is 16.8. The molecular weight excluding hydrogens is 438 g/mol. The van der Waals surface area contributed by atoms with Gasteiger partial charge in [-0.25, -0.2) is 4.98 Å². The van der Waals surface area contributed by atoms with Crippen molar-refractivity contribution in [1.82, 2.24) is 9.55 Å². The van der Waals surface area contributed by atoms with E-state index in [1.165, 1.54) is 11.1 Å². The summed E-state index contributed by atoms with van der Waals surface area (Å²) in [6, 6.07) is 24.8. The molecular formula is C25H22BrN3O. The summed E-state index contributed by atoms with van der Waals surface area (Å²) in [6.07, 6.45) is 0.476. The van der Waals surface area contributed by atoms with Gasteiger partial charge in [-0.15, -0.1) is 0 Å². The van der Waals surface area contributed by atoms with E-state index >= 15 is 0 Å². The van der Waals surface area contributed by atoms with Crippen LogP contribution in [-0.2, 0) is 11.3 Å². The van der Waals surface area contributed by atoms with E-state index in [0.29, 0.717) is 13.0 Å². The fraction of sp³-hybridized carbons (Fsp3) is 0.200. The summed E-state index contributed by atoms with van der Waals surface area (Å²) in [5, 5.41) is 0. The van der Waals surface area contributed by atoms with E-state index in [1.54, 1.807) is 0 Å². The van der Waals surface area contributed by atoms with Gasteiger partial charge >= 0.3 is 0 Å². The molecule has 3 aromatic carbocycles. The van der Waals surface area contributed by atoms with Crippen LogP contribution in [0.5, 0.6) is 0 Å². The van der Waals surface area contributed by atoms with Gasteiger partial charge in [-0.05, 0) is 42.8 Å². The minimum Gasteiger partial charge on any atom is -0.323 e. The molecule has 0 radical (unpaired) electrons. The topological polar surface area (TPSA) is 38.1 Å². The molecule has 0 saturated carbocycles. The van der Waals surface area contributed by atoms with Gasteiger partial charge in [-0.3, -0.25) is 4.79 Å². The molecule has 1 amide bonds. The molecule has 5 rings (SSSR count). The first-order chi connectivity index (χ1) is 14.6. The van der Waals surface area contributed by atoms with Gasteiger partial charge in [0.25, 0.3) is 0 Å². The third-order valence-corrected chi connectivity index (χ3v) is 6.25. The number of carbonyl (C=O) groups excluding carboxylic acids is 1. The van der Waals surface area contributed by atoms with Crippen molar-refractivity contribution < 1.29 is 4.79 Å². The standard InChI is InChI=1S/C25H22BrN3O/c1-17-9-11-18(12-10-17)15-29-23-8-3-2-7-22(23)27-25(29)19-13-24(30)28(16-19)21-6-4-5-20(26)14-21/h2-12,14,19H,13,15-16H2,1H3. The Morgan fingerprint density at radius 3 is 2.63 bits per heavy atom. The lowest BCUT2D eigenvalue weighted by Gasteiger charge is -2.18. The molecule has 150 valence electrons. The lowest BCUT2D eigenvalue weighted by atomic mass is 10.1. The number of aryl methyl sites for hydroxylation is 1. The number of imidazole rings is 1. The molecule has 1 aliphatic rings. The highest BCUT2D eigenvalue weighted by Crippen LogP contribution is 2.34. The molecule has 4 nitrogen and oxygen atoms in total. The largest absolute Gasteiger partial charge is 0.323 e. The maximum atomic E-state index is 12.9. The first kappa shape index (κ1) is 19.1. The maximum absolute atomic E-state index is 12.9. The van der Waals surface area contributed by atoms with Gasteiger partial charge in [-0.1, -0.05) is 64.0 Å². The predicted molar refractivity (Wildman–Crippen MR) is 124 cm³/mol. The van der Waals surface area contributed by atoms with E-state index in [9.17, 15) is 4.79 Å². The first-order valence-electron chi connectivity index (χ1n) is 10.1. The van der Waals surface area contributed by atoms with Gasteiger partial charge in [-0.2, -0.15) is 0 Å². The summed E-state index contributed by atoms with van der Waals surface area (Å²) in [5.41, 5.74) is 5.51. The molecule has 30 heavy (non-hydrogen) atoms. The molecule has 1 aliphatic heterocycles. The number of hydrogen-bond acceptors (Lipinski definition) is 2. The minimum atomic E-state index is 0.0642. The summed E-state index contributed by atoms with van der Waals surface area (Å²) in [7, 11) is 0. The Morgan fingerprint density at radius 1 is 1.03 bits per heavy atom. The van der Waals surface area contributed by atoms with Gasteiger partial charge in [0.2, 0.25) is 5.91 Å². The summed E-state index contributed by atoms with van der Waals surface area (Å²) in [5.74, 6) is 1.20. The average Bonchev–Trinajstić information content (AvgIpc) is 3.30. The SMILES string of the molecule is Cc1ccc(Cn2c(C3CC(=O)N(c4cccc(Br)c4)C3)nc3ccccc32)cc1. The van der Waals surface area contributed by atoms with Crippen LogP contribution in [0.3, 0.4) is 0 Å². The van der Waals surface area contributed by atoms with Crippen LogP contribution in [0.1, 0.15) is 29.3 Å². The Kier molecular flexibility index (Phi) is 4.91. The van der Waals surface area contributed by atoms with E-state index in [4.69, 9.17) is 4.98 Å². The van der Waals surface area contributed by atoms with E-state index in [2.05, 4.69) is 57.8 Å². The van der Waals surface area contributed by atoms with Gasteiger partial charge in [0.15, 0.2) is 0 Å². The lowest BCUT2D eigenvalue weighted by Crippen LogP contribution is -2.24. The van der Waals surface area contributed by atoms with Crippen LogP contribution in [0.15, 0.2) is 77.3 Å². The highest BCUT2D eigenvalue weighted by Gasteiger charge is 2.34. The van der Waals surface area contributed by atoms with Crippen LogP contribution in [0, 0.1) is 6.92 Å². The van der Waals surface area contributed by atoms with Crippen molar-refractivity contribution in [3.63, 3.8) is 0 Å². The molecule has 2 heterocycles. The Labute approximate surface area is 184 Å². The summed E-state index contributed by atoms with van der Waals surface area (Å²) >= 11 is 3.51. The molecule has 1 saturated heterocycles. The molecule has 1 fully saturated rings. The fourth-order valence-corrected chi connectivity index (χ4v) is 4.61. The molecule has 4 aromatic rings. The molecule has 1 unspecified atom stereocenters. The van der Waals surface area contributed by atoms with E-state index in [-0.39, 0.29) is 11.8 Å². The molecule has 0 N–H and O–H groups in total. The second kappa shape index (κ2) is 7.73. The first-order valence-corrected chi connectivity index (χ1v) is 10.9. The second-order valence-electron chi connectivity index (χ2n) is 7.92. The van der Waals surface area contributed by atoms with Gasteiger partial charge in [0.1, 0.15) is 5.82 Å². The minimum absolute atomic E-state index is 0.0642. The Balaban J connectivity index is 1.52. The summed E-state index contributed by atoms with van der Waals surface area (Å²) in [6.45, 7) is 3.49. The number of aromatic nitrogens is 2. The molecule has 1 aromatic heterocycles. The highest BCUT2D eigenvalue weighted by atomic mass is 79.9.